The maximum atomic E-state index is 14.0. The molecule has 0 aliphatic carbocycles. The summed E-state index contributed by atoms with van der Waals surface area (Å²) in [5.74, 6) is -0.462. The lowest BCUT2D eigenvalue weighted by molar-refractivity contribution is 0.0975. The average Bonchev–Trinajstić information content (AvgIpc) is 3.33. The second-order valence-corrected chi connectivity index (χ2v) is 7.61. The third-order valence-corrected chi connectivity index (χ3v) is 5.44. The van der Waals surface area contributed by atoms with Gasteiger partial charge in [0.05, 0.1) is 38.3 Å². The van der Waals surface area contributed by atoms with Gasteiger partial charge in [-0.15, -0.1) is 0 Å². The van der Waals surface area contributed by atoms with E-state index >= 15 is 0 Å². The number of pyridine rings is 2. The molecule has 0 bridgehead atoms. The third kappa shape index (κ3) is 5.10. The number of carbonyl (C=O) groups is 2. The molecular weight excluding hydrogens is 469 g/mol. The highest BCUT2D eigenvalue weighted by Crippen LogP contribution is 2.27. The molecule has 3 aromatic heterocycles. The quantitative estimate of drug-likeness (QED) is 0.395. The molecule has 0 saturated heterocycles. The Morgan fingerprint density at radius 1 is 1.06 bits per heavy atom. The summed E-state index contributed by atoms with van der Waals surface area (Å²) >= 11 is 0. The molecular formula is C25H24FN5O5. The lowest BCUT2D eigenvalue weighted by Gasteiger charge is -2.23. The molecule has 11 heteroatoms. The number of anilines is 2. The Labute approximate surface area is 206 Å². The Balaban J connectivity index is 1.68. The predicted molar refractivity (Wildman–Crippen MR) is 131 cm³/mol. The van der Waals surface area contributed by atoms with Gasteiger partial charge >= 0.3 is 6.09 Å². The maximum absolute atomic E-state index is 14.0. The first-order valence-electron chi connectivity index (χ1n) is 10.9. The number of nitrogens with one attached hydrogen (secondary N) is 1. The zero-order chi connectivity index (χ0) is 25.7. The molecule has 0 fully saturated rings. The highest BCUT2D eigenvalue weighted by Gasteiger charge is 2.20. The van der Waals surface area contributed by atoms with Gasteiger partial charge in [-0.1, -0.05) is 0 Å². The van der Waals surface area contributed by atoms with Crippen molar-refractivity contribution in [2.45, 2.75) is 0 Å². The van der Waals surface area contributed by atoms with Gasteiger partial charge in [-0.25, -0.2) is 19.2 Å². The van der Waals surface area contributed by atoms with E-state index in [2.05, 4.69) is 20.0 Å². The van der Waals surface area contributed by atoms with Crippen molar-refractivity contribution in [1.29, 1.82) is 0 Å². The van der Waals surface area contributed by atoms with Crippen molar-refractivity contribution in [3.05, 3.63) is 72.4 Å². The van der Waals surface area contributed by atoms with E-state index in [0.717, 1.165) is 5.56 Å². The Morgan fingerprint density at radius 3 is 2.58 bits per heavy atom. The zero-order valence-corrected chi connectivity index (χ0v) is 19.9. The van der Waals surface area contributed by atoms with E-state index in [0.29, 0.717) is 28.4 Å². The number of fused-ring (bicyclic) bond motifs is 1. The first-order valence-corrected chi connectivity index (χ1v) is 10.9. The molecule has 0 unspecified atom stereocenters. The molecule has 2 amide bonds. The SMILES string of the molecule is COCCN(C(=O)c1ccc2ncc(-c3ccc(NC(=O)OC)nc3)n2c1)c1ccc(F)c(OC)c1. The van der Waals surface area contributed by atoms with Crippen molar-refractivity contribution in [3.8, 4) is 17.0 Å². The summed E-state index contributed by atoms with van der Waals surface area (Å²) in [6.07, 6.45) is 4.31. The minimum absolute atomic E-state index is 0.0349. The van der Waals surface area contributed by atoms with Gasteiger partial charge in [0.2, 0.25) is 0 Å². The summed E-state index contributed by atoms with van der Waals surface area (Å²) < 4.78 is 30.6. The van der Waals surface area contributed by atoms with Gasteiger partial charge in [-0.05, 0) is 36.4 Å². The number of hydrogen-bond donors (Lipinski definition) is 1. The van der Waals surface area contributed by atoms with E-state index in [9.17, 15) is 14.0 Å². The van der Waals surface area contributed by atoms with Crippen LogP contribution in [-0.4, -0.2) is 60.9 Å². The molecule has 1 aromatic carbocycles. The highest BCUT2D eigenvalue weighted by atomic mass is 19.1. The number of aromatic nitrogens is 3. The third-order valence-electron chi connectivity index (χ3n) is 5.44. The summed E-state index contributed by atoms with van der Waals surface area (Å²) in [4.78, 5) is 35.1. The van der Waals surface area contributed by atoms with Crippen LogP contribution in [-0.2, 0) is 9.47 Å². The van der Waals surface area contributed by atoms with Crippen LogP contribution in [0.5, 0.6) is 5.75 Å². The van der Waals surface area contributed by atoms with Crippen molar-refractivity contribution in [2.75, 3.05) is 44.7 Å². The lowest BCUT2D eigenvalue weighted by Crippen LogP contribution is -2.34. The van der Waals surface area contributed by atoms with Crippen LogP contribution < -0.4 is 15.0 Å². The number of ether oxygens (including phenoxy) is 3. The summed E-state index contributed by atoms with van der Waals surface area (Å²) in [7, 11) is 4.17. The number of methoxy groups -OCH3 is 3. The largest absolute Gasteiger partial charge is 0.494 e. The van der Waals surface area contributed by atoms with Gasteiger partial charge in [0, 0.05) is 43.4 Å². The number of benzene rings is 1. The van der Waals surface area contributed by atoms with Crippen molar-refractivity contribution in [1.82, 2.24) is 14.4 Å². The molecule has 4 aromatic rings. The highest BCUT2D eigenvalue weighted by molar-refractivity contribution is 6.06. The Morgan fingerprint density at radius 2 is 1.89 bits per heavy atom. The molecule has 0 aliphatic heterocycles. The summed E-state index contributed by atoms with van der Waals surface area (Å²) in [5.41, 5.74) is 2.91. The molecule has 0 aliphatic rings. The molecule has 3 heterocycles. The molecule has 0 spiro atoms. The van der Waals surface area contributed by atoms with Crippen molar-refractivity contribution in [2.24, 2.45) is 0 Å². The number of carbonyl (C=O) groups excluding carboxylic acids is 2. The standard InChI is InChI=1S/C25H24FN5O5/c1-34-11-10-30(18-6-7-19(26)21(12-18)35-2)24(32)17-5-9-23-28-14-20(31(23)15-17)16-4-8-22(27-13-16)29-25(33)36-3/h4-9,12-15H,10-11H2,1-3H3,(H,27,29,33). The van der Waals surface area contributed by atoms with Gasteiger partial charge in [0.1, 0.15) is 11.5 Å². The lowest BCUT2D eigenvalue weighted by atomic mass is 10.2. The summed E-state index contributed by atoms with van der Waals surface area (Å²) in [5, 5.41) is 2.49. The monoisotopic (exact) mass is 493 g/mol. The minimum atomic E-state index is -0.620. The fourth-order valence-corrected chi connectivity index (χ4v) is 3.60. The first kappa shape index (κ1) is 24.6. The van der Waals surface area contributed by atoms with Crippen molar-refractivity contribution >= 4 is 29.2 Å². The second-order valence-electron chi connectivity index (χ2n) is 7.61. The fraction of sp³-hybridized carbons (Fsp3) is 0.200. The molecule has 10 nitrogen and oxygen atoms in total. The zero-order valence-electron chi connectivity index (χ0n) is 19.9. The number of amides is 2. The number of hydrogen-bond acceptors (Lipinski definition) is 7. The predicted octanol–water partition coefficient (Wildman–Crippen LogP) is 4.02. The molecule has 186 valence electrons. The van der Waals surface area contributed by atoms with Gasteiger partial charge in [-0.3, -0.25) is 14.5 Å². The summed E-state index contributed by atoms with van der Waals surface area (Å²) in [6, 6.07) is 11.1. The Bertz CT molecular complexity index is 1390. The van der Waals surface area contributed by atoms with E-state index in [1.807, 2.05) is 0 Å². The number of halogens is 1. The van der Waals surface area contributed by atoms with Gasteiger partial charge in [0.25, 0.3) is 5.91 Å². The van der Waals surface area contributed by atoms with Crippen LogP contribution in [0.15, 0.2) is 61.1 Å². The number of rotatable bonds is 8. The van der Waals surface area contributed by atoms with Gasteiger partial charge < -0.3 is 19.1 Å². The van der Waals surface area contributed by atoms with E-state index in [-0.39, 0.29) is 24.8 Å². The first-order chi connectivity index (χ1) is 17.4. The van der Waals surface area contributed by atoms with E-state index < -0.39 is 11.9 Å². The topological polar surface area (TPSA) is 107 Å². The number of nitrogens with zero attached hydrogens (tertiary/aromatic N) is 4. The Hall–Kier alpha value is -4.51. The second kappa shape index (κ2) is 10.8. The van der Waals surface area contributed by atoms with Crippen LogP contribution in [0.1, 0.15) is 10.4 Å². The van der Waals surface area contributed by atoms with Crippen LogP contribution in [0.25, 0.3) is 16.9 Å². The molecule has 1 N–H and O–H groups in total. The molecule has 0 atom stereocenters. The van der Waals surface area contributed by atoms with Crippen LogP contribution in [0.2, 0.25) is 0 Å². The number of imidazole rings is 1. The Kier molecular flexibility index (Phi) is 7.40. The van der Waals surface area contributed by atoms with E-state index in [1.54, 1.807) is 47.3 Å². The molecule has 0 radical (unpaired) electrons. The van der Waals surface area contributed by atoms with Crippen molar-refractivity contribution < 1.29 is 28.2 Å². The maximum Gasteiger partial charge on any atom is 0.412 e. The van der Waals surface area contributed by atoms with Crippen LogP contribution in [0.3, 0.4) is 0 Å². The average molecular weight is 493 g/mol. The molecule has 36 heavy (non-hydrogen) atoms. The van der Waals surface area contributed by atoms with Crippen LogP contribution in [0, 0.1) is 5.82 Å². The van der Waals surface area contributed by atoms with Crippen LogP contribution >= 0.6 is 0 Å². The minimum Gasteiger partial charge on any atom is -0.494 e. The van der Waals surface area contributed by atoms with E-state index in [4.69, 9.17) is 9.47 Å². The van der Waals surface area contributed by atoms with Crippen LogP contribution in [0.4, 0.5) is 20.7 Å². The molecule has 4 rings (SSSR count). The molecule has 0 saturated carbocycles. The fourth-order valence-electron chi connectivity index (χ4n) is 3.60. The smallest absolute Gasteiger partial charge is 0.412 e. The normalized spacial score (nSPS) is 10.8. The van der Waals surface area contributed by atoms with Gasteiger partial charge in [-0.2, -0.15) is 0 Å². The van der Waals surface area contributed by atoms with Gasteiger partial charge in [0.15, 0.2) is 11.6 Å². The van der Waals surface area contributed by atoms with Crippen molar-refractivity contribution in [3.63, 3.8) is 0 Å². The summed E-state index contributed by atoms with van der Waals surface area (Å²) in [6.45, 7) is 0.527. The van der Waals surface area contributed by atoms with E-state index in [1.165, 1.54) is 44.4 Å².